The highest BCUT2D eigenvalue weighted by molar-refractivity contribution is 7.89. The minimum absolute atomic E-state index is 0.0147. The summed E-state index contributed by atoms with van der Waals surface area (Å²) in [6.45, 7) is 3.12. The molecule has 0 bridgehead atoms. The average Bonchev–Trinajstić information content (AvgIpc) is 1.63. The van der Waals surface area contributed by atoms with Crippen LogP contribution in [0.3, 0.4) is 0 Å². The zero-order valence-electron chi connectivity index (χ0n) is 5.42. The second-order valence-corrected chi connectivity index (χ2v) is 3.45. The van der Waals surface area contributed by atoms with Gasteiger partial charge in [-0.2, -0.15) is 0 Å². The van der Waals surface area contributed by atoms with Crippen molar-refractivity contribution in [3.05, 3.63) is 0 Å². The lowest BCUT2D eigenvalue weighted by atomic mass is 10.7. The molecule has 56 valence electrons. The smallest absolute Gasteiger partial charge is 0.210 e. The highest BCUT2D eigenvalue weighted by Crippen LogP contribution is 1.72. The summed E-state index contributed by atoms with van der Waals surface area (Å²) in [6, 6.07) is 0. The Hall–Kier alpha value is -0.130. The monoisotopic (exact) mass is 152 g/mol. The number of primary sulfonamides is 1. The third-order valence-electron chi connectivity index (χ3n) is 0.813. The van der Waals surface area contributed by atoms with Gasteiger partial charge in [-0.3, -0.25) is 0 Å². The third kappa shape index (κ3) is 7.87. The van der Waals surface area contributed by atoms with Crippen molar-refractivity contribution in [2.75, 3.05) is 18.8 Å². The number of rotatable bonds is 4. The van der Waals surface area contributed by atoms with Crippen molar-refractivity contribution in [2.45, 2.75) is 6.92 Å². The molecule has 0 rings (SSSR count). The fourth-order valence-electron chi connectivity index (χ4n) is 0.391. The van der Waals surface area contributed by atoms with E-state index in [-0.39, 0.29) is 5.75 Å². The highest BCUT2D eigenvalue weighted by Gasteiger charge is 1.98. The molecule has 0 amide bonds. The van der Waals surface area contributed by atoms with Crippen LogP contribution < -0.4 is 10.5 Å². The van der Waals surface area contributed by atoms with Crippen molar-refractivity contribution in [1.29, 1.82) is 0 Å². The van der Waals surface area contributed by atoms with E-state index in [2.05, 4.69) is 5.32 Å². The predicted octanol–water partition coefficient (Wildman–Crippen LogP) is -1.12. The molecular formula is C4H12N2O2S. The number of hydrogen-bond donors (Lipinski definition) is 2. The van der Waals surface area contributed by atoms with Gasteiger partial charge in [0.2, 0.25) is 10.0 Å². The molecule has 0 aromatic heterocycles. The molecule has 4 nitrogen and oxygen atoms in total. The van der Waals surface area contributed by atoms with E-state index in [1.165, 1.54) is 0 Å². The van der Waals surface area contributed by atoms with Gasteiger partial charge >= 0.3 is 0 Å². The maximum Gasteiger partial charge on any atom is 0.210 e. The summed E-state index contributed by atoms with van der Waals surface area (Å²) in [7, 11) is -3.26. The lowest BCUT2D eigenvalue weighted by molar-refractivity contribution is 0.593. The minimum atomic E-state index is -3.26. The third-order valence-corrected chi connectivity index (χ3v) is 1.59. The standard InChI is InChI=1S/C4H12N2O2S/c1-2-6-3-4-9(5,7)8/h6H,2-4H2,1H3,(H2,5,7,8). The molecule has 9 heavy (non-hydrogen) atoms. The lowest BCUT2D eigenvalue weighted by Gasteiger charge is -1.97. The van der Waals surface area contributed by atoms with E-state index in [0.717, 1.165) is 6.54 Å². The van der Waals surface area contributed by atoms with Crippen LogP contribution in [0.25, 0.3) is 0 Å². The minimum Gasteiger partial charge on any atom is -0.316 e. The Morgan fingerprint density at radius 2 is 2.11 bits per heavy atom. The molecule has 0 heterocycles. The lowest BCUT2D eigenvalue weighted by Crippen LogP contribution is -2.26. The normalized spacial score (nSPS) is 11.8. The van der Waals surface area contributed by atoms with Crippen molar-refractivity contribution in [1.82, 2.24) is 5.32 Å². The first-order valence-electron chi connectivity index (χ1n) is 2.77. The van der Waals surface area contributed by atoms with Gasteiger partial charge in [0.15, 0.2) is 0 Å². The summed E-state index contributed by atoms with van der Waals surface area (Å²) in [6.07, 6.45) is 0. The second-order valence-electron chi connectivity index (χ2n) is 1.72. The number of hydrogen-bond acceptors (Lipinski definition) is 3. The summed E-state index contributed by atoms with van der Waals surface area (Å²) in [4.78, 5) is 0. The molecule has 0 atom stereocenters. The van der Waals surface area contributed by atoms with Crippen molar-refractivity contribution < 1.29 is 8.42 Å². The van der Waals surface area contributed by atoms with Crippen LogP contribution in [0.5, 0.6) is 0 Å². The second kappa shape index (κ2) is 3.81. The molecule has 5 heteroatoms. The van der Waals surface area contributed by atoms with Crippen molar-refractivity contribution >= 4 is 10.0 Å². The maximum atomic E-state index is 10.2. The Balaban J connectivity index is 3.30. The Kier molecular flexibility index (Phi) is 3.76. The SMILES string of the molecule is CCNCCS(N)(=O)=O. The van der Waals surface area contributed by atoms with E-state index in [9.17, 15) is 8.42 Å². The first-order valence-corrected chi connectivity index (χ1v) is 4.49. The highest BCUT2D eigenvalue weighted by atomic mass is 32.2. The van der Waals surface area contributed by atoms with Gasteiger partial charge in [0.1, 0.15) is 0 Å². The van der Waals surface area contributed by atoms with Gasteiger partial charge in [-0.25, -0.2) is 13.6 Å². The van der Waals surface area contributed by atoms with Gasteiger partial charge in [0, 0.05) is 6.54 Å². The zero-order valence-corrected chi connectivity index (χ0v) is 6.24. The molecule has 0 aromatic rings. The largest absolute Gasteiger partial charge is 0.316 e. The summed E-state index contributed by atoms with van der Waals surface area (Å²) < 4.78 is 20.5. The molecule has 0 spiro atoms. The molecule has 0 aliphatic heterocycles. The summed E-state index contributed by atoms with van der Waals surface area (Å²) in [5.74, 6) is 0.0147. The van der Waals surface area contributed by atoms with Gasteiger partial charge in [0.25, 0.3) is 0 Å². The van der Waals surface area contributed by atoms with Crippen LogP contribution in [0, 0.1) is 0 Å². The maximum absolute atomic E-state index is 10.2. The molecule has 0 aliphatic carbocycles. The predicted molar refractivity (Wildman–Crippen MR) is 36.5 cm³/mol. The van der Waals surface area contributed by atoms with E-state index in [1.54, 1.807) is 0 Å². The molecule has 0 saturated carbocycles. The number of nitrogens with one attached hydrogen (secondary N) is 1. The van der Waals surface area contributed by atoms with Crippen LogP contribution >= 0.6 is 0 Å². The summed E-state index contributed by atoms with van der Waals surface area (Å²) >= 11 is 0. The Morgan fingerprint density at radius 3 is 2.44 bits per heavy atom. The van der Waals surface area contributed by atoms with Crippen LogP contribution in [0.1, 0.15) is 6.92 Å². The van der Waals surface area contributed by atoms with Crippen LogP contribution in [0.4, 0.5) is 0 Å². The molecular weight excluding hydrogens is 140 g/mol. The number of sulfonamides is 1. The summed E-state index contributed by atoms with van der Waals surface area (Å²) in [5, 5.41) is 7.55. The van der Waals surface area contributed by atoms with Crippen LogP contribution in [0.15, 0.2) is 0 Å². The average molecular weight is 152 g/mol. The van der Waals surface area contributed by atoms with Gasteiger partial charge in [-0.15, -0.1) is 0 Å². The first kappa shape index (κ1) is 8.87. The Bertz CT molecular complexity index is 152. The van der Waals surface area contributed by atoms with Gasteiger partial charge < -0.3 is 5.32 Å². The van der Waals surface area contributed by atoms with Crippen LogP contribution in [-0.4, -0.2) is 27.3 Å². The van der Waals surface area contributed by atoms with Crippen LogP contribution in [-0.2, 0) is 10.0 Å². The van der Waals surface area contributed by atoms with E-state index in [1.807, 2.05) is 6.92 Å². The van der Waals surface area contributed by atoms with E-state index in [0.29, 0.717) is 6.54 Å². The van der Waals surface area contributed by atoms with E-state index in [4.69, 9.17) is 5.14 Å². The van der Waals surface area contributed by atoms with Gasteiger partial charge in [-0.1, -0.05) is 6.92 Å². The van der Waals surface area contributed by atoms with E-state index < -0.39 is 10.0 Å². The quantitative estimate of drug-likeness (QED) is 0.501. The molecule has 0 aliphatic rings. The molecule has 3 N–H and O–H groups in total. The zero-order chi connectivity index (χ0) is 7.33. The van der Waals surface area contributed by atoms with Crippen molar-refractivity contribution in [2.24, 2.45) is 5.14 Å². The molecule has 0 radical (unpaired) electrons. The molecule has 0 saturated heterocycles. The van der Waals surface area contributed by atoms with Gasteiger partial charge in [0.05, 0.1) is 5.75 Å². The fourth-order valence-corrected chi connectivity index (χ4v) is 0.820. The summed E-state index contributed by atoms with van der Waals surface area (Å²) in [5.41, 5.74) is 0. The first-order chi connectivity index (χ1) is 4.06. The van der Waals surface area contributed by atoms with Crippen LogP contribution in [0.2, 0.25) is 0 Å². The molecule has 0 aromatic carbocycles. The molecule has 0 fully saturated rings. The topological polar surface area (TPSA) is 72.2 Å². The number of nitrogens with two attached hydrogens (primary N) is 1. The Labute approximate surface area is 55.5 Å². The Morgan fingerprint density at radius 1 is 1.56 bits per heavy atom. The van der Waals surface area contributed by atoms with Crippen molar-refractivity contribution in [3.63, 3.8) is 0 Å². The van der Waals surface area contributed by atoms with Gasteiger partial charge in [-0.05, 0) is 6.54 Å². The van der Waals surface area contributed by atoms with Crippen molar-refractivity contribution in [3.8, 4) is 0 Å². The fraction of sp³-hybridized carbons (Fsp3) is 1.00. The molecule has 0 unspecified atom stereocenters. The van der Waals surface area contributed by atoms with E-state index >= 15 is 0 Å².